The molecule has 0 aromatic carbocycles. The lowest BCUT2D eigenvalue weighted by Gasteiger charge is -1.97. The Labute approximate surface area is 134 Å². The Kier molecular flexibility index (Phi) is 4.10. The second-order valence-electron chi connectivity index (χ2n) is 4.31. The first-order valence-corrected chi connectivity index (χ1v) is 8.07. The summed E-state index contributed by atoms with van der Waals surface area (Å²) in [7, 11) is 0. The third-order valence-corrected chi connectivity index (χ3v) is 5.36. The van der Waals surface area contributed by atoms with E-state index in [0.717, 1.165) is 24.5 Å². The van der Waals surface area contributed by atoms with Crippen LogP contribution in [0.1, 0.15) is 10.4 Å². The summed E-state index contributed by atoms with van der Waals surface area (Å²) in [6.07, 6.45) is 2.71. The van der Waals surface area contributed by atoms with E-state index in [4.69, 9.17) is 20.8 Å². The smallest absolute Gasteiger partial charge is 0.317 e. The van der Waals surface area contributed by atoms with Gasteiger partial charge in [0.15, 0.2) is 12.7 Å². The Hall–Kier alpha value is -1.63. The third-order valence-electron chi connectivity index (χ3n) is 2.71. The van der Waals surface area contributed by atoms with Crippen molar-refractivity contribution in [1.29, 1.82) is 0 Å². The van der Waals surface area contributed by atoms with Crippen LogP contribution in [0, 0.1) is 6.92 Å². The highest BCUT2D eigenvalue weighted by atomic mass is 35.5. The van der Waals surface area contributed by atoms with Crippen molar-refractivity contribution >= 4 is 40.2 Å². The maximum atomic E-state index is 11.8. The predicted octanol–water partition coefficient (Wildman–Crippen LogP) is 4.57. The minimum Gasteiger partial charge on any atom is -0.448 e. The summed E-state index contributed by atoms with van der Waals surface area (Å²) in [6.45, 7) is 2.02. The monoisotopic (exact) mass is 339 g/mol. The van der Waals surface area contributed by atoms with E-state index in [-0.39, 0.29) is 18.3 Å². The lowest BCUT2D eigenvalue weighted by atomic mass is 10.2. The second kappa shape index (κ2) is 6.01. The van der Waals surface area contributed by atoms with Gasteiger partial charge in [-0.05, 0) is 30.7 Å². The highest BCUT2D eigenvalue weighted by molar-refractivity contribution is 7.24. The molecule has 0 aliphatic carbocycles. The van der Waals surface area contributed by atoms with Crippen molar-refractivity contribution in [3.05, 3.63) is 45.6 Å². The van der Waals surface area contributed by atoms with Crippen LogP contribution in [-0.4, -0.2) is 11.0 Å². The first-order valence-electron chi connectivity index (χ1n) is 6.05. The Balaban J connectivity index is 1.73. The normalized spacial score (nSPS) is 10.8. The van der Waals surface area contributed by atoms with Gasteiger partial charge in [-0.25, -0.2) is 0 Å². The molecule has 0 saturated carbocycles. The molecular formula is C14H10ClNO3S2. The number of rotatable bonds is 4. The SMILES string of the molecule is Cc1cc(CC(=O)Oc2cocn2)sc1-c1ccc(Cl)s1. The van der Waals surface area contributed by atoms with Crippen LogP contribution in [0.4, 0.5) is 0 Å². The standard InChI is InChI=1S/C14H10ClNO3S2/c1-8-4-9(5-13(17)19-12-6-18-7-16-12)20-14(8)10-2-3-11(15)21-10/h2-4,6-7H,5H2,1H3. The van der Waals surface area contributed by atoms with Crippen molar-refractivity contribution in [3.8, 4) is 15.6 Å². The van der Waals surface area contributed by atoms with Gasteiger partial charge in [0.2, 0.25) is 0 Å². The molecule has 0 radical (unpaired) electrons. The van der Waals surface area contributed by atoms with Crippen LogP contribution in [0.15, 0.2) is 35.3 Å². The van der Waals surface area contributed by atoms with Crippen molar-refractivity contribution in [2.75, 3.05) is 0 Å². The molecule has 0 amide bonds. The number of aromatic nitrogens is 1. The molecule has 21 heavy (non-hydrogen) atoms. The second-order valence-corrected chi connectivity index (χ2v) is 7.16. The van der Waals surface area contributed by atoms with Crippen LogP contribution in [0.2, 0.25) is 4.34 Å². The summed E-state index contributed by atoms with van der Waals surface area (Å²) in [6, 6.07) is 5.86. The zero-order chi connectivity index (χ0) is 14.8. The average molecular weight is 340 g/mol. The Morgan fingerprint density at radius 1 is 1.43 bits per heavy atom. The lowest BCUT2D eigenvalue weighted by Crippen LogP contribution is -2.10. The largest absolute Gasteiger partial charge is 0.448 e. The molecule has 7 heteroatoms. The van der Waals surface area contributed by atoms with Gasteiger partial charge in [0.05, 0.1) is 10.8 Å². The van der Waals surface area contributed by atoms with E-state index < -0.39 is 0 Å². The molecule has 0 N–H and O–H groups in total. The number of thiophene rings is 2. The van der Waals surface area contributed by atoms with E-state index in [1.807, 2.05) is 25.1 Å². The van der Waals surface area contributed by atoms with Gasteiger partial charge in [-0.2, -0.15) is 4.98 Å². The minimum atomic E-state index is -0.360. The molecule has 0 fully saturated rings. The van der Waals surface area contributed by atoms with Crippen LogP contribution in [0.25, 0.3) is 9.75 Å². The number of aryl methyl sites for hydroxylation is 1. The highest BCUT2D eigenvalue weighted by Crippen LogP contribution is 2.38. The molecule has 4 nitrogen and oxygen atoms in total. The molecule has 3 rings (SSSR count). The van der Waals surface area contributed by atoms with Crippen molar-refractivity contribution < 1.29 is 13.9 Å². The zero-order valence-corrected chi connectivity index (χ0v) is 13.3. The number of ether oxygens (including phenoxy) is 1. The van der Waals surface area contributed by atoms with E-state index in [1.54, 1.807) is 11.3 Å². The number of esters is 1. The number of halogens is 1. The van der Waals surface area contributed by atoms with Crippen LogP contribution in [-0.2, 0) is 11.2 Å². The Bertz CT molecular complexity index is 761. The van der Waals surface area contributed by atoms with E-state index >= 15 is 0 Å². The summed E-state index contributed by atoms with van der Waals surface area (Å²) < 4.78 is 10.6. The van der Waals surface area contributed by atoms with Crippen LogP contribution >= 0.6 is 34.3 Å². The van der Waals surface area contributed by atoms with E-state index in [0.29, 0.717) is 0 Å². The van der Waals surface area contributed by atoms with Crippen molar-refractivity contribution in [2.24, 2.45) is 0 Å². The molecule has 3 aromatic heterocycles. The van der Waals surface area contributed by atoms with Gasteiger partial charge in [0, 0.05) is 14.6 Å². The molecule has 3 heterocycles. The average Bonchev–Trinajstić information content (AvgIpc) is 3.12. The summed E-state index contributed by atoms with van der Waals surface area (Å²) in [4.78, 5) is 18.8. The van der Waals surface area contributed by atoms with Crippen LogP contribution < -0.4 is 4.74 Å². The van der Waals surface area contributed by atoms with Gasteiger partial charge in [-0.15, -0.1) is 22.7 Å². The van der Waals surface area contributed by atoms with Gasteiger partial charge in [-0.3, -0.25) is 4.79 Å². The number of oxazole rings is 1. The number of carbonyl (C=O) groups is 1. The molecular weight excluding hydrogens is 330 g/mol. The third kappa shape index (κ3) is 3.34. The number of hydrogen-bond donors (Lipinski definition) is 0. The fourth-order valence-corrected chi connectivity index (χ4v) is 4.24. The first-order chi connectivity index (χ1) is 10.1. The van der Waals surface area contributed by atoms with Crippen LogP contribution in [0.5, 0.6) is 5.88 Å². The summed E-state index contributed by atoms with van der Waals surface area (Å²) >= 11 is 9.07. The van der Waals surface area contributed by atoms with E-state index in [1.165, 1.54) is 24.0 Å². The van der Waals surface area contributed by atoms with Gasteiger partial charge in [-0.1, -0.05) is 11.6 Å². The molecule has 0 spiro atoms. The number of carbonyl (C=O) groups excluding carboxylic acids is 1. The summed E-state index contributed by atoms with van der Waals surface area (Å²) in [5.74, 6) is -0.181. The predicted molar refractivity (Wildman–Crippen MR) is 83.2 cm³/mol. The lowest BCUT2D eigenvalue weighted by molar-refractivity contribution is -0.133. The summed E-state index contributed by atoms with van der Waals surface area (Å²) in [5, 5.41) is 0. The highest BCUT2D eigenvalue weighted by Gasteiger charge is 2.14. The maximum Gasteiger partial charge on any atom is 0.317 e. The molecule has 0 bridgehead atoms. The molecule has 0 aliphatic heterocycles. The fraction of sp³-hybridized carbons (Fsp3) is 0.143. The minimum absolute atomic E-state index is 0.179. The van der Waals surface area contributed by atoms with E-state index in [9.17, 15) is 4.79 Å². The van der Waals surface area contributed by atoms with Crippen molar-refractivity contribution in [1.82, 2.24) is 4.98 Å². The van der Waals surface area contributed by atoms with Crippen molar-refractivity contribution in [2.45, 2.75) is 13.3 Å². The molecule has 0 aliphatic rings. The van der Waals surface area contributed by atoms with Crippen molar-refractivity contribution in [3.63, 3.8) is 0 Å². The molecule has 0 saturated heterocycles. The van der Waals surface area contributed by atoms with E-state index in [2.05, 4.69) is 4.98 Å². The molecule has 3 aromatic rings. The Morgan fingerprint density at radius 3 is 2.95 bits per heavy atom. The van der Waals surface area contributed by atoms with Gasteiger partial charge in [0.25, 0.3) is 5.88 Å². The molecule has 108 valence electrons. The van der Waals surface area contributed by atoms with Gasteiger partial charge < -0.3 is 9.15 Å². The van der Waals surface area contributed by atoms with Gasteiger partial charge in [0.1, 0.15) is 0 Å². The topological polar surface area (TPSA) is 52.3 Å². The van der Waals surface area contributed by atoms with Crippen LogP contribution in [0.3, 0.4) is 0 Å². The fourth-order valence-electron chi connectivity index (χ4n) is 1.86. The molecule has 0 atom stereocenters. The first kappa shape index (κ1) is 14.3. The number of hydrogen-bond acceptors (Lipinski definition) is 6. The zero-order valence-electron chi connectivity index (χ0n) is 11.0. The quantitative estimate of drug-likeness (QED) is 0.653. The Morgan fingerprint density at radius 2 is 2.29 bits per heavy atom. The van der Waals surface area contributed by atoms with Gasteiger partial charge >= 0.3 is 5.97 Å². The molecule has 0 unspecified atom stereocenters. The summed E-state index contributed by atoms with van der Waals surface area (Å²) in [5.41, 5.74) is 1.13. The number of nitrogens with zero attached hydrogens (tertiary/aromatic N) is 1. The maximum absolute atomic E-state index is 11.8.